The molecule has 0 unspecified atom stereocenters. The molecule has 0 aromatic heterocycles. The first kappa shape index (κ1) is 24.5. The zero-order chi connectivity index (χ0) is 28.3. The van der Waals surface area contributed by atoms with Gasteiger partial charge in [0, 0.05) is 28.2 Å². The minimum Gasteiger partial charge on any atom is -0.453 e. The van der Waals surface area contributed by atoms with Crippen LogP contribution in [0.1, 0.15) is 25.0 Å². The second-order valence-electron chi connectivity index (χ2n) is 11.5. The number of para-hydroxylation sites is 5. The maximum Gasteiger partial charge on any atom is 0.151 e. The van der Waals surface area contributed by atoms with Crippen molar-refractivity contribution in [1.82, 2.24) is 0 Å². The van der Waals surface area contributed by atoms with Gasteiger partial charge in [-0.1, -0.05) is 86.6 Å². The van der Waals surface area contributed by atoms with Crippen LogP contribution in [0.2, 0.25) is 0 Å². The van der Waals surface area contributed by atoms with E-state index in [9.17, 15) is 0 Å². The molecule has 202 valence electrons. The third-order valence-electron chi connectivity index (χ3n) is 8.64. The van der Waals surface area contributed by atoms with Crippen molar-refractivity contribution in [3.05, 3.63) is 157 Å². The van der Waals surface area contributed by atoms with E-state index in [1.807, 2.05) is 24.3 Å². The quantitative estimate of drug-likeness (QED) is 0.220. The Morgan fingerprint density at radius 1 is 0.500 bits per heavy atom. The summed E-state index contributed by atoms with van der Waals surface area (Å²) in [6.07, 6.45) is 0. The molecule has 0 N–H and O–H groups in total. The van der Waals surface area contributed by atoms with Crippen molar-refractivity contribution in [3.8, 4) is 22.6 Å². The number of nitrogens with zero attached hydrogens (tertiary/aromatic N) is 2. The number of fused-ring (bicyclic) bond motifs is 5. The molecule has 6 aromatic rings. The van der Waals surface area contributed by atoms with Gasteiger partial charge in [-0.2, -0.15) is 0 Å². The van der Waals surface area contributed by atoms with Crippen LogP contribution in [-0.4, -0.2) is 0 Å². The van der Waals surface area contributed by atoms with Crippen LogP contribution in [0.15, 0.2) is 146 Å². The number of anilines is 6. The normalized spacial score (nSPS) is 13.8. The molecule has 1 heterocycles. The SMILES string of the molecule is CC1(C)c2ccccc2-c2ccc(N(c3ccccc3)c3ccc(N4c5ccccc5Oc5ccccc54)cc3)cc21. The monoisotopic (exact) mass is 542 g/mol. The van der Waals surface area contributed by atoms with Crippen LogP contribution in [-0.2, 0) is 5.41 Å². The summed E-state index contributed by atoms with van der Waals surface area (Å²) < 4.78 is 6.23. The van der Waals surface area contributed by atoms with Gasteiger partial charge in [0.15, 0.2) is 11.5 Å². The maximum absolute atomic E-state index is 6.23. The third-order valence-corrected chi connectivity index (χ3v) is 8.64. The molecular weight excluding hydrogens is 512 g/mol. The van der Waals surface area contributed by atoms with E-state index in [2.05, 4.69) is 145 Å². The Morgan fingerprint density at radius 3 is 1.76 bits per heavy atom. The summed E-state index contributed by atoms with van der Waals surface area (Å²) in [6.45, 7) is 4.67. The van der Waals surface area contributed by atoms with E-state index in [4.69, 9.17) is 4.74 Å². The molecule has 8 rings (SSSR count). The smallest absolute Gasteiger partial charge is 0.151 e. The summed E-state index contributed by atoms with van der Waals surface area (Å²) in [5.74, 6) is 1.71. The summed E-state index contributed by atoms with van der Waals surface area (Å²) in [5.41, 5.74) is 11.9. The van der Waals surface area contributed by atoms with Crippen LogP contribution in [0.5, 0.6) is 11.5 Å². The summed E-state index contributed by atoms with van der Waals surface area (Å²) >= 11 is 0. The van der Waals surface area contributed by atoms with E-state index in [0.717, 1.165) is 45.6 Å². The van der Waals surface area contributed by atoms with Gasteiger partial charge in [0.2, 0.25) is 0 Å². The van der Waals surface area contributed by atoms with E-state index in [-0.39, 0.29) is 5.41 Å². The minimum atomic E-state index is -0.0642. The molecule has 1 aliphatic heterocycles. The topological polar surface area (TPSA) is 15.7 Å². The first-order chi connectivity index (χ1) is 20.6. The molecule has 0 spiro atoms. The highest BCUT2D eigenvalue weighted by molar-refractivity contribution is 5.88. The van der Waals surface area contributed by atoms with E-state index < -0.39 is 0 Å². The van der Waals surface area contributed by atoms with Gasteiger partial charge in [-0.05, 0) is 95.1 Å². The average molecular weight is 543 g/mol. The van der Waals surface area contributed by atoms with Gasteiger partial charge in [-0.25, -0.2) is 0 Å². The summed E-state index contributed by atoms with van der Waals surface area (Å²) in [6, 6.07) is 51.6. The molecular formula is C39H30N2O. The van der Waals surface area contributed by atoms with Crippen molar-refractivity contribution in [2.45, 2.75) is 19.3 Å². The van der Waals surface area contributed by atoms with Crippen LogP contribution in [0.3, 0.4) is 0 Å². The molecule has 0 fully saturated rings. The average Bonchev–Trinajstić information content (AvgIpc) is 3.27. The van der Waals surface area contributed by atoms with E-state index >= 15 is 0 Å². The highest BCUT2D eigenvalue weighted by atomic mass is 16.5. The first-order valence-corrected chi connectivity index (χ1v) is 14.5. The second kappa shape index (κ2) is 9.39. The van der Waals surface area contributed by atoms with Crippen molar-refractivity contribution in [2.24, 2.45) is 0 Å². The van der Waals surface area contributed by atoms with Gasteiger partial charge in [0.1, 0.15) is 0 Å². The van der Waals surface area contributed by atoms with Crippen LogP contribution in [0.25, 0.3) is 11.1 Å². The van der Waals surface area contributed by atoms with Crippen molar-refractivity contribution in [3.63, 3.8) is 0 Å². The molecule has 42 heavy (non-hydrogen) atoms. The summed E-state index contributed by atoms with van der Waals surface area (Å²) in [4.78, 5) is 4.63. The van der Waals surface area contributed by atoms with E-state index in [1.54, 1.807) is 0 Å². The largest absolute Gasteiger partial charge is 0.453 e. The lowest BCUT2D eigenvalue weighted by Crippen LogP contribution is -2.17. The minimum absolute atomic E-state index is 0.0642. The lowest BCUT2D eigenvalue weighted by molar-refractivity contribution is 0.477. The van der Waals surface area contributed by atoms with E-state index in [1.165, 1.54) is 22.3 Å². The van der Waals surface area contributed by atoms with Crippen LogP contribution in [0, 0.1) is 0 Å². The number of benzene rings is 6. The lowest BCUT2D eigenvalue weighted by atomic mass is 9.82. The highest BCUT2D eigenvalue weighted by Gasteiger charge is 2.35. The Morgan fingerprint density at radius 2 is 1.05 bits per heavy atom. The van der Waals surface area contributed by atoms with Gasteiger partial charge in [0.05, 0.1) is 11.4 Å². The van der Waals surface area contributed by atoms with E-state index in [0.29, 0.717) is 0 Å². The van der Waals surface area contributed by atoms with Crippen LogP contribution >= 0.6 is 0 Å². The molecule has 6 aromatic carbocycles. The van der Waals surface area contributed by atoms with Crippen LogP contribution in [0.4, 0.5) is 34.1 Å². The van der Waals surface area contributed by atoms with Gasteiger partial charge in [-0.15, -0.1) is 0 Å². The predicted molar refractivity (Wildman–Crippen MR) is 173 cm³/mol. The summed E-state index contributed by atoms with van der Waals surface area (Å²) in [5, 5.41) is 0. The fourth-order valence-corrected chi connectivity index (χ4v) is 6.59. The molecule has 0 amide bonds. The van der Waals surface area contributed by atoms with Gasteiger partial charge in [-0.3, -0.25) is 0 Å². The highest BCUT2D eigenvalue weighted by Crippen LogP contribution is 2.52. The Labute approximate surface area is 246 Å². The molecule has 0 radical (unpaired) electrons. The molecule has 0 atom stereocenters. The Kier molecular flexibility index (Phi) is 5.48. The molecule has 3 nitrogen and oxygen atoms in total. The fourth-order valence-electron chi connectivity index (χ4n) is 6.59. The predicted octanol–water partition coefficient (Wildman–Crippen LogP) is 11.0. The summed E-state index contributed by atoms with van der Waals surface area (Å²) in [7, 11) is 0. The van der Waals surface area contributed by atoms with Gasteiger partial charge in [0.25, 0.3) is 0 Å². The van der Waals surface area contributed by atoms with Gasteiger partial charge < -0.3 is 14.5 Å². The van der Waals surface area contributed by atoms with Crippen molar-refractivity contribution in [2.75, 3.05) is 9.80 Å². The van der Waals surface area contributed by atoms with Crippen molar-refractivity contribution in [1.29, 1.82) is 0 Å². The first-order valence-electron chi connectivity index (χ1n) is 14.5. The Hall–Kier alpha value is -5.28. The van der Waals surface area contributed by atoms with Crippen molar-refractivity contribution >= 4 is 34.1 Å². The zero-order valence-corrected chi connectivity index (χ0v) is 23.7. The number of hydrogen-bond donors (Lipinski definition) is 0. The van der Waals surface area contributed by atoms with Crippen molar-refractivity contribution < 1.29 is 4.74 Å². The van der Waals surface area contributed by atoms with Gasteiger partial charge >= 0.3 is 0 Å². The molecule has 0 saturated heterocycles. The maximum atomic E-state index is 6.23. The standard InChI is InChI=1S/C39H30N2O/c1-39(2)33-15-7-6-14-31(33)32-25-24-30(26-34(32)39)40(27-12-4-3-5-13-27)28-20-22-29(23-21-28)41-35-16-8-10-18-37(35)42-38-19-11-9-17-36(38)41/h3-26H,1-2H3. The Bertz CT molecular complexity index is 1900. The number of hydrogen-bond acceptors (Lipinski definition) is 3. The molecule has 2 aliphatic rings. The zero-order valence-electron chi connectivity index (χ0n) is 23.7. The molecule has 0 bridgehead atoms. The molecule has 0 saturated carbocycles. The second-order valence-corrected chi connectivity index (χ2v) is 11.5. The molecule has 3 heteroatoms. The lowest BCUT2D eigenvalue weighted by Gasteiger charge is -2.33. The number of ether oxygens (including phenoxy) is 1. The Balaban J connectivity index is 1.23. The third kappa shape index (κ3) is 3.74. The fraction of sp³-hybridized carbons (Fsp3) is 0.0769. The van der Waals surface area contributed by atoms with Crippen LogP contribution < -0.4 is 14.5 Å². The number of rotatable bonds is 4. The molecule has 1 aliphatic carbocycles.